The van der Waals surface area contributed by atoms with Gasteiger partial charge in [-0.25, -0.2) is 9.97 Å². The maximum atomic E-state index is 5.31. The predicted octanol–water partition coefficient (Wildman–Crippen LogP) is 18.3. The van der Waals surface area contributed by atoms with Gasteiger partial charge in [0.2, 0.25) is 0 Å². The highest BCUT2D eigenvalue weighted by molar-refractivity contribution is 6.08. The van der Waals surface area contributed by atoms with Crippen LogP contribution < -0.4 is 0 Å². The second kappa shape index (κ2) is 21.2. The average molecular weight is 811 g/mol. The van der Waals surface area contributed by atoms with Crippen LogP contribution in [0.2, 0.25) is 0 Å². The molecule has 0 aliphatic heterocycles. The average Bonchev–Trinajstić information content (AvgIpc) is 3.35. The summed E-state index contributed by atoms with van der Waals surface area (Å²) in [6.07, 6.45) is 2.29. The molecule has 0 bridgehead atoms. The van der Waals surface area contributed by atoms with Gasteiger partial charge in [0.15, 0.2) is 0 Å². The van der Waals surface area contributed by atoms with Crippen LogP contribution in [0.1, 0.15) is 79.9 Å². The number of pyridine rings is 2. The Kier molecular flexibility index (Phi) is 15.4. The Morgan fingerprint density at radius 1 is 0.323 bits per heavy atom. The van der Waals surface area contributed by atoms with Crippen LogP contribution >= 0.6 is 0 Å². The minimum Gasteiger partial charge on any atom is -0.247 e. The first-order valence-electron chi connectivity index (χ1n) is 22.9. The summed E-state index contributed by atoms with van der Waals surface area (Å²) in [4.78, 5) is 10.6. The van der Waals surface area contributed by atoms with Gasteiger partial charge in [0.25, 0.3) is 0 Å². The standard InChI is InChI=1S/C51H36N2.C3H8.3C2H6/c1-3-33-6-10-35(11-7-33)42-21-17-38-15-19-40-25-27-49(53-51(40)47(38)31-42)44-23-13-36-12-22-43(28-45(36)29-44)48-26-24-39-18-14-37-16-20-41(30-46(37)50(39)52-48)34-8-4-32(2)5-9-34;1-3-2;3*1-2/h4-31H,3H2,1-2H3;3H2,1-2H3;3*1-2H3. The van der Waals surface area contributed by atoms with E-state index in [1.54, 1.807) is 0 Å². The molecule has 0 fully saturated rings. The molecule has 0 saturated heterocycles. The van der Waals surface area contributed by atoms with Crippen molar-refractivity contribution in [1.29, 1.82) is 0 Å². The van der Waals surface area contributed by atoms with Crippen molar-refractivity contribution >= 4 is 54.1 Å². The Bertz CT molecular complexity index is 3050. The van der Waals surface area contributed by atoms with Gasteiger partial charge in [-0.05, 0) is 99.1 Å². The Balaban J connectivity index is 0.000000667. The third kappa shape index (κ3) is 9.61. The van der Waals surface area contributed by atoms with E-state index >= 15 is 0 Å². The maximum absolute atomic E-state index is 5.31. The lowest BCUT2D eigenvalue weighted by molar-refractivity contribution is 1.09. The first-order chi connectivity index (χ1) is 30.5. The van der Waals surface area contributed by atoms with Gasteiger partial charge in [0.1, 0.15) is 0 Å². The van der Waals surface area contributed by atoms with Crippen molar-refractivity contribution in [1.82, 2.24) is 9.97 Å². The van der Waals surface area contributed by atoms with Crippen LogP contribution in [0, 0.1) is 6.92 Å². The van der Waals surface area contributed by atoms with Crippen molar-refractivity contribution in [2.45, 2.75) is 82.1 Å². The number of aromatic nitrogens is 2. The van der Waals surface area contributed by atoms with Gasteiger partial charge in [-0.1, -0.05) is 208 Å². The van der Waals surface area contributed by atoms with E-state index in [0.717, 1.165) is 50.7 Å². The second-order valence-electron chi connectivity index (χ2n) is 14.9. The zero-order chi connectivity index (χ0) is 44.2. The van der Waals surface area contributed by atoms with Crippen molar-refractivity contribution in [3.63, 3.8) is 0 Å². The van der Waals surface area contributed by atoms with E-state index in [-0.39, 0.29) is 0 Å². The highest BCUT2D eigenvalue weighted by Gasteiger charge is 2.11. The second-order valence-corrected chi connectivity index (χ2v) is 14.9. The number of benzene rings is 8. The normalized spacial score (nSPS) is 10.5. The summed E-state index contributed by atoms with van der Waals surface area (Å²) in [6, 6.07) is 61.9. The molecule has 2 nitrogen and oxygen atoms in total. The molecule has 10 aromatic rings. The van der Waals surface area contributed by atoms with Gasteiger partial charge in [-0.15, -0.1) is 0 Å². The first-order valence-corrected chi connectivity index (χ1v) is 22.9. The van der Waals surface area contributed by atoms with Crippen LogP contribution in [0.5, 0.6) is 0 Å². The number of rotatable bonds is 5. The molecule has 0 amide bonds. The minimum absolute atomic E-state index is 0.966. The zero-order valence-corrected chi connectivity index (χ0v) is 38.5. The minimum atomic E-state index is 0.966. The van der Waals surface area contributed by atoms with Crippen LogP contribution in [0.3, 0.4) is 0 Å². The van der Waals surface area contributed by atoms with Gasteiger partial charge in [-0.3, -0.25) is 0 Å². The molecule has 8 aromatic carbocycles. The number of aryl methyl sites for hydroxylation is 2. The van der Waals surface area contributed by atoms with Crippen LogP contribution in [0.15, 0.2) is 170 Å². The van der Waals surface area contributed by atoms with Gasteiger partial charge in [-0.2, -0.15) is 0 Å². The predicted molar refractivity (Wildman–Crippen MR) is 275 cm³/mol. The van der Waals surface area contributed by atoms with Crippen molar-refractivity contribution < 1.29 is 0 Å². The molecule has 0 radical (unpaired) electrons. The Hall–Kier alpha value is -6.64. The van der Waals surface area contributed by atoms with Gasteiger partial charge >= 0.3 is 0 Å². The molecule has 312 valence electrons. The fourth-order valence-corrected chi connectivity index (χ4v) is 7.74. The number of nitrogens with zero attached hydrogens (tertiary/aromatic N) is 2. The van der Waals surface area contributed by atoms with E-state index in [9.17, 15) is 0 Å². The molecule has 2 aromatic heterocycles. The maximum Gasteiger partial charge on any atom is 0.0788 e. The quantitative estimate of drug-likeness (QED) is 0.162. The van der Waals surface area contributed by atoms with E-state index in [0.29, 0.717) is 0 Å². The molecule has 0 saturated carbocycles. The zero-order valence-electron chi connectivity index (χ0n) is 38.5. The smallest absolute Gasteiger partial charge is 0.0788 e. The fourth-order valence-electron chi connectivity index (χ4n) is 7.74. The molecule has 62 heavy (non-hydrogen) atoms. The Labute approximate surface area is 370 Å². The molecule has 2 heteroatoms. The highest BCUT2D eigenvalue weighted by Crippen LogP contribution is 2.35. The summed E-state index contributed by atoms with van der Waals surface area (Å²) >= 11 is 0. The summed E-state index contributed by atoms with van der Waals surface area (Å²) in [7, 11) is 0. The third-order valence-electron chi connectivity index (χ3n) is 10.9. The summed E-state index contributed by atoms with van der Waals surface area (Å²) in [5, 5.41) is 9.37. The SMILES string of the molecule is CC.CC.CC.CCC.CCc1ccc(-c2ccc3ccc4ccc(-c5ccc6ccc(-c7ccc8ccc9ccc(-c%10ccc(C)cc%10)cc9c8n7)cc6c5)nc4c3c2)cc1. The number of hydrogen-bond donors (Lipinski definition) is 0. The van der Waals surface area contributed by atoms with E-state index in [1.807, 2.05) is 41.5 Å². The van der Waals surface area contributed by atoms with E-state index in [1.165, 1.54) is 72.1 Å². The van der Waals surface area contributed by atoms with E-state index in [4.69, 9.17) is 9.97 Å². The largest absolute Gasteiger partial charge is 0.247 e. The van der Waals surface area contributed by atoms with Gasteiger partial charge in [0, 0.05) is 32.7 Å². The van der Waals surface area contributed by atoms with Crippen LogP contribution in [-0.4, -0.2) is 9.97 Å². The first kappa shape index (κ1) is 44.9. The molecule has 0 spiro atoms. The summed E-state index contributed by atoms with van der Waals surface area (Å²) in [5.41, 5.74) is 13.6. The molecular formula is C60H62N2. The van der Waals surface area contributed by atoms with Crippen molar-refractivity contribution in [2.24, 2.45) is 0 Å². The fraction of sp³-hybridized carbons (Fsp3) is 0.200. The van der Waals surface area contributed by atoms with Crippen molar-refractivity contribution in [3.05, 3.63) is 181 Å². The van der Waals surface area contributed by atoms with E-state index < -0.39 is 0 Å². The summed E-state index contributed by atoms with van der Waals surface area (Å²) < 4.78 is 0. The molecule has 0 N–H and O–H groups in total. The molecular weight excluding hydrogens is 749 g/mol. The molecule has 0 aliphatic carbocycles. The monoisotopic (exact) mass is 810 g/mol. The van der Waals surface area contributed by atoms with Crippen LogP contribution in [-0.2, 0) is 6.42 Å². The molecule has 0 aliphatic rings. The third-order valence-corrected chi connectivity index (χ3v) is 10.9. The Morgan fingerprint density at radius 2 is 0.661 bits per heavy atom. The Morgan fingerprint density at radius 3 is 1.10 bits per heavy atom. The molecule has 10 rings (SSSR count). The van der Waals surface area contributed by atoms with Crippen molar-refractivity contribution in [3.8, 4) is 44.8 Å². The van der Waals surface area contributed by atoms with E-state index in [2.05, 4.69) is 198 Å². The molecule has 0 atom stereocenters. The lowest BCUT2D eigenvalue weighted by Crippen LogP contribution is -1.90. The highest BCUT2D eigenvalue weighted by atomic mass is 14.7. The lowest BCUT2D eigenvalue weighted by Gasteiger charge is -2.11. The molecule has 2 heterocycles. The van der Waals surface area contributed by atoms with Crippen LogP contribution in [0.4, 0.5) is 0 Å². The summed E-state index contributed by atoms with van der Waals surface area (Å²) in [5.74, 6) is 0. The van der Waals surface area contributed by atoms with Crippen molar-refractivity contribution in [2.75, 3.05) is 0 Å². The van der Waals surface area contributed by atoms with Gasteiger partial charge in [0.05, 0.1) is 22.4 Å². The van der Waals surface area contributed by atoms with Crippen LogP contribution in [0.25, 0.3) is 98.9 Å². The lowest BCUT2D eigenvalue weighted by atomic mass is 9.97. The number of hydrogen-bond acceptors (Lipinski definition) is 2. The summed E-state index contributed by atoms with van der Waals surface area (Å²) in [6.45, 7) is 20.6. The van der Waals surface area contributed by atoms with Gasteiger partial charge < -0.3 is 0 Å². The molecule has 0 unspecified atom stereocenters. The number of fused-ring (bicyclic) bond motifs is 7. The topological polar surface area (TPSA) is 25.8 Å².